The van der Waals surface area contributed by atoms with Gasteiger partial charge in [-0.3, -0.25) is 9.59 Å². The van der Waals surface area contributed by atoms with Crippen molar-refractivity contribution >= 4 is 23.9 Å². The lowest BCUT2D eigenvalue weighted by Crippen LogP contribution is -2.54. The summed E-state index contributed by atoms with van der Waals surface area (Å²) in [6.07, 6.45) is 0.769. The van der Waals surface area contributed by atoms with Gasteiger partial charge in [0, 0.05) is 12.5 Å². The second kappa shape index (κ2) is 16.3. The van der Waals surface area contributed by atoms with E-state index in [1.807, 2.05) is 37.3 Å². The Hall–Kier alpha value is -4.08. The molecule has 3 N–H and O–H groups in total. The number of alkyl carbamates (subject to hydrolysis) is 1. The molecule has 0 aliphatic heterocycles. The molecular formula is C35H51N3O7. The molecule has 3 atom stereocenters. The van der Waals surface area contributed by atoms with Crippen LogP contribution in [0, 0.1) is 5.92 Å². The molecule has 0 fully saturated rings. The molecule has 0 spiro atoms. The van der Waals surface area contributed by atoms with Crippen LogP contribution in [-0.2, 0) is 30.3 Å². The van der Waals surface area contributed by atoms with Crippen LogP contribution in [0.25, 0.3) is 0 Å². The molecule has 0 bridgehead atoms. The van der Waals surface area contributed by atoms with E-state index >= 15 is 0 Å². The average molecular weight is 626 g/mol. The molecule has 10 heteroatoms. The van der Waals surface area contributed by atoms with Crippen molar-refractivity contribution < 1.29 is 33.8 Å². The van der Waals surface area contributed by atoms with E-state index in [1.54, 1.807) is 53.7 Å². The molecule has 45 heavy (non-hydrogen) atoms. The van der Waals surface area contributed by atoms with Gasteiger partial charge in [0.2, 0.25) is 11.8 Å². The van der Waals surface area contributed by atoms with Crippen molar-refractivity contribution in [2.75, 3.05) is 6.54 Å². The highest BCUT2D eigenvalue weighted by atomic mass is 16.6. The summed E-state index contributed by atoms with van der Waals surface area (Å²) in [6, 6.07) is 12.6. The first-order chi connectivity index (χ1) is 20.9. The van der Waals surface area contributed by atoms with Gasteiger partial charge in [-0.25, -0.2) is 9.59 Å². The fourth-order valence-corrected chi connectivity index (χ4v) is 4.67. The van der Waals surface area contributed by atoms with Gasteiger partial charge in [-0.1, -0.05) is 56.3 Å². The molecule has 2 aromatic carbocycles. The third kappa shape index (κ3) is 13.2. The topological polar surface area (TPSA) is 134 Å². The van der Waals surface area contributed by atoms with E-state index in [2.05, 4.69) is 24.5 Å². The van der Waals surface area contributed by atoms with Crippen molar-refractivity contribution in [3.05, 3.63) is 65.7 Å². The average Bonchev–Trinajstić information content (AvgIpc) is 2.92. The molecule has 0 aromatic heterocycles. The Morgan fingerprint density at radius 2 is 1.40 bits per heavy atom. The van der Waals surface area contributed by atoms with Gasteiger partial charge in [0.1, 0.15) is 35.6 Å². The first-order valence-electron chi connectivity index (χ1n) is 15.5. The van der Waals surface area contributed by atoms with Crippen molar-refractivity contribution in [2.24, 2.45) is 5.92 Å². The molecule has 3 amide bonds. The zero-order chi connectivity index (χ0) is 33.9. The van der Waals surface area contributed by atoms with E-state index < -0.39 is 59.7 Å². The van der Waals surface area contributed by atoms with E-state index in [0.29, 0.717) is 17.9 Å². The number of phenolic OH excluding ortho intramolecular Hbond substituents is 1. The first kappa shape index (κ1) is 37.1. The number of esters is 1. The highest BCUT2D eigenvalue weighted by molar-refractivity contribution is 5.93. The Balaban J connectivity index is 2.54. The number of ether oxygens (including phenoxy) is 2. The van der Waals surface area contributed by atoms with E-state index in [-0.39, 0.29) is 12.2 Å². The molecule has 10 nitrogen and oxygen atoms in total. The molecule has 248 valence electrons. The van der Waals surface area contributed by atoms with Gasteiger partial charge in [0.15, 0.2) is 0 Å². The number of nitrogens with one attached hydrogen (secondary N) is 2. The maximum Gasteiger partial charge on any atom is 0.408 e. The lowest BCUT2D eigenvalue weighted by molar-refractivity contribution is -0.159. The maximum absolute atomic E-state index is 14.3. The number of phenols is 1. The minimum atomic E-state index is -1.19. The molecule has 0 saturated carbocycles. The Bertz CT molecular complexity index is 1260. The van der Waals surface area contributed by atoms with Gasteiger partial charge in [-0.2, -0.15) is 0 Å². The number of benzene rings is 2. The number of rotatable bonds is 13. The van der Waals surface area contributed by atoms with Crippen LogP contribution in [0.1, 0.15) is 92.3 Å². The molecule has 0 aliphatic rings. The molecule has 0 radical (unpaired) electrons. The van der Waals surface area contributed by atoms with Crippen molar-refractivity contribution in [2.45, 2.75) is 111 Å². The van der Waals surface area contributed by atoms with E-state index in [9.17, 15) is 24.3 Å². The second-order valence-electron chi connectivity index (χ2n) is 13.8. The van der Waals surface area contributed by atoms with E-state index in [1.165, 1.54) is 17.0 Å². The SMILES string of the molecule is CC(C)CCC(C)N(C(=O)CNC(=O)OC(C)(C)C)C(C(=O)NC(Cc1ccccc1)C(=O)OC(C)(C)C)c1ccc(O)cc1. The van der Waals surface area contributed by atoms with Crippen molar-refractivity contribution in [3.63, 3.8) is 0 Å². The molecule has 0 aliphatic carbocycles. The summed E-state index contributed by atoms with van der Waals surface area (Å²) in [5.41, 5.74) is -0.320. The summed E-state index contributed by atoms with van der Waals surface area (Å²) in [4.78, 5) is 55.5. The van der Waals surface area contributed by atoms with Crippen LogP contribution in [0.5, 0.6) is 5.75 Å². The largest absolute Gasteiger partial charge is 0.508 e. The summed E-state index contributed by atoms with van der Waals surface area (Å²) in [6.45, 7) is 16.0. The van der Waals surface area contributed by atoms with E-state index in [0.717, 1.165) is 12.0 Å². The van der Waals surface area contributed by atoms with Gasteiger partial charge >= 0.3 is 12.1 Å². The highest BCUT2D eigenvalue weighted by Crippen LogP contribution is 2.28. The van der Waals surface area contributed by atoms with Crippen LogP contribution in [0.4, 0.5) is 4.79 Å². The lowest BCUT2D eigenvalue weighted by Gasteiger charge is -2.37. The smallest absolute Gasteiger partial charge is 0.408 e. The van der Waals surface area contributed by atoms with Crippen LogP contribution in [0.3, 0.4) is 0 Å². The van der Waals surface area contributed by atoms with Gasteiger partial charge < -0.3 is 30.1 Å². The van der Waals surface area contributed by atoms with Crippen LogP contribution in [0.15, 0.2) is 54.6 Å². The zero-order valence-electron chi connectivity index (χ0n) is 28.2. The lowest BCUT2D eigenvalue weighted by atomic mass is 9.97. The van der Waals surface area contributed by atoms with E-state index in [4.69, 9.17) is 9.47 Å². The van der Waals surface area contributed by atoms with Crippen molar-refractivity contribution in [1.82, 2.24) is 15.5 Å². The standard InChI is InChI=1S/C35H51N3O7/c1-23(2)15-16-24(3)38(29(40)22-36-33(43)45-35(7,8)9)30(26-17-19-27(39)20-18-26)31(41)37-28(32(42)44-34(4,5)6)21-25-13-11-10-12-14-25/h10-14,17-20,23-24,28,30,39H,15-16,21-22H2,1-9H3,(H,36,43)(H,37,41). The van der Waals surface area contributed by atoms with Crippen LogP contribution in [-0.4, -0.2) is 63.7 Å². The number of nitrogens with zero attached hydrogens (tertiary/aromatic N) is 1. The Labute approximate surface area is 267 Å². The van der Waals surface area contributed by atoms with Crippen LogP contribution >= 0.6 is 0 Å². The molecule has 0 saturated heterocycles. The second-order valence-corrected chi connectivity index (χ2v) is 13.8. The number of aromatic hydroxyl groups is 1. The van der Waals surface area contributed by atoms with Gasteiger partial charge in [0.05, 0.1) is 0 Å². The Kier molecular flexibility index (Phi) is 13.4. The van der Waals surface area contributed by atoms with Crippen molar-refractivity contribution in [1.29, 1.82) is 0 Å². The first-order valence-corrected chi connectivity index (χ1v) is 15.5. The van der Waals surface area contributed by atoms with Gasteiger partial charge in [0.25, 0.3) is 0 Å². The summed E-state index contributed by atoms with van der Waals surface area (Å²) in [7, 11) is 0. The molecule has 0 heterocycles. The fraction of sp³-hybridized carbons (Fsp3) is 0.543. The van der Waals surface area contributed by atoms with Gasteiger partial charge in [-0.05, 0) is 90.5 Å². The highest BCUT2D eigenvalue weighted by Gasteiger charge is 2.37. The normalized spacial score (nSPS) is 13.7. The Morgan fingerprint density at radius 1 is 0.822 bits per heavy atom. The fourth-order valence-electron chi connectivity index (χ4n) is 4.67. The monoisotopic (exact) mass is 625 g/mol. The molecule has 3 unspecified atom stereocenters. The number of amides is 3. The summed E-state index contributed by atoms with van der Waals surface area (Å²) in [5, 5.41) is 15.4. The molecule has 2 aromatic rings. The quantitative estimate of drug-likeness (QED) is 0.244. The minimum Gasteiger partial charge on any atom is -0.508 e. The number of hydrogen-bond donors (Lipinski definition) is 3. The minimum absolute atomic E-state index is 0.00839. The van der Waals surface area contributed by atoms with Crippen LogP contribution in [0.2, 0.25) is 0 Å². The third-order valence-corrected chi connectivity index (χ3v) is 6.73. The number of hydrogen-bond acceptors (Lipinski definition) is 7. The molecule has 2 rings (SSSR count). The van der Waals surface area contributed by atoms with Crippen LogP contribution < -0.4 is 10.6 Å². The Morgan fingerprint density at radius 3 is 1.93 bits per heavy atom. The van der Waals surface area contributed by atoms with Gasteiger partial charge in [-0.15, -0.1) is 0 Å². The molecular weight excluding hydrogens is 574 g/mol. The predicted molar refractivity (Wildman–Crippen MR) is 173 cm³/mol. The number of carbonyl (C=O) groups excluding carboxylic acids is 4. The predicted octanol–water partition coefficient (Wildman–Crippen LogP) is 5.68. The summed E-state index contributed by atoms with van der Waals surface area (Å²) < 4.78 is 11.0. The summed E-state index contributed by atoms with van der Waals surface area (Å²) >= 11 is 0. The maximum atomic E-state index is 14.3. The third-order valence-electron chi connectivity index (χ3n) is 6.73. The zero-order valence-corrected chi connectivity index (χ0v) is 28.2. The van der Waals surface area contributed by atoms with Crippen molar-refractivity contribution in [3.8, 4) is 5.75 Å². The number of carbonyl (C=O) groups is 4. The summed E-state index contributed by atoms with van der Waals surface area (Å²) in [5.74, 6) is -1.39.